The second-order valence-corrected chi connectivity index (χ2v) is 9.77. The van der Waals surface area contributed by atoms with Crippen LogP contribution < -0.4 is 0 Å². The molecule has 2 heterocycles. The minimum atomic E-state index is -3.31. The van der Waals surface area contributed by atoms with Gasteiger partial charge in [-0.3, -0.25) is 14.9 Å². The highest BCUT2D eigenvalue weighted by Gasteiger charge is 2.37. The van der Waals surface area contributed by atoms with Gasteiger partial charge in [0.25, 0.3) is 11.6 Å². The molecule has 32 heavy (non-hydrogen) atoms. The first-order chi connectivity index (χ1) is 15.2. The molecular weight excluding hydrogens is 439 g/mol. The zero-order valence-electron chi connectivity index (χ0n) is 16.8. The molecule has 0 aliphatic carbocycles. The molecule has 10 heteroatoms. The van der Waals surface area contributed by atoms with Crippen molar-refractivity contribution in [1.29, 1.82) is 0 Å². The Balaban J connectivity index is 1.66. The van der Waals surface area contributed by atoms with Crippen molar-refractivity contribution < 1.29 is 26.9 Å². The summed E-state index contributed by atoms with van der Waals surface area (Å²) in [5.74, 6) is -0.469. The van der Waals surface area contributed by atoms with Crippen molar-refractivity contribution in [2.45, 2.75) is 19.0 Å². The highest BCUT2D eigenvalue weighted by Crippen LogP contribution is 2.28. The molecule has 1 saturated heterocycles. The molecule has 1 aliphatic rings. The van der Waals surface area contributed by atoms with Gasteiger partial charge >= 0.3 is 0 Å². The molecule has 0 spiro atoms. The van der Waals surface area contributed by atoms with Crippen LogP contribution in [0.25, 0.3) is 11.3 Å². The molecule has 1 atom stereocenters. The fourth-order valence-electron chi connectivity index (χ4n) is 3.76. The number of nitro benzene ring substituents is 1. The van der Waals surface area contributed by atoms with Gasteiger partial charge in [0.2, 0.25) is 0 Å². The van der Waals surface area contributed by atoms with E-state index < -0.39 is 26.7 Å². The van der Waals surface area contributed by atoms with Gasteiger partial charge in [0.15, 0.2) is 9.84 Å². The van der Waals surface area contributed by atoms with Crippen LogP contribution in [0.5, 0.6) is 0 Å². The Hall–Kier alpha value is -3.53. The molecule has 0 N–H and O–H groups in total. The van der Waals surface area contributed by atoms with Crippen molar-refractivity contribution in [1.82, 2.24) is 4.90 Å². The average Bonchev–Trinajstić information content (AvgIpc) is 3.38. The number of hydrogen-bond donors (Lipinski definition) is 0. The Kier molecular flexibility index (Phi) is 5.79. The normalized spacial score (nSPS) is 17.2. The third-order valence-electron chi connectivity index (χ3n) is 5.36. The van der Waals surface area contributed by atoms with Crippen molar-refractivity contribution in [3.05, 3.63) is 87.9 Å². The Morgan fingerprint density at radius 2 is 1.84 bits per heavy atom. The Bertz CT molecular complexity index is 1270. The first-order valence-corrected chi connectivity index (χ1v) is 11.6. The van der Waals surface area contributed by atoms with E-state index >= 15 is 0 Å². The lowest BCUT2D eigenvalue weighted by molar-refractivity contribution is -0.385. The third-order valence-corrected chi connectivity index (χ3v) is 7.11. The van der Waals surface area contributed by atoms with Crippen LogP contribution in [-0.2, 0) is 16.4 Å². The van der Waals surface area contributed by atoms with Gasteiger partial charge in [-0.2, -0.15) is 0 Å². The predicted molar refractivity (Wildman–Crippen MR) is 114 cm³/mol. The monoisotopic (exact) mass is 458 g/mol. The molecular formula is C22H19FN2O6S. The van der Waals surface area contributed by atoms with Crippen LogP contribution in [0.4, 0.5) is 10.1 Å². The summed E-state index contributed by atoms with van der Waals surface area (Å²) in [6.45, 7) is -0.0632. The van der Waals surface area contributed by atoms with E-state index in [1.165, 1.54) is 41.3 Å². The molecule has 4 rings (SSSR count). The number of benzene rings is 2. The Labute approximate surface area is 183 Å². The molecule has 2 aromatic carbocycles. The van der Waals surface area contributed by atoms with Crippen molar-refractivity contribution in [3.8, 4) is 11.3 Å². The van der Waals surface area contributed by atoms with Gasteiger partial charge < -0.3 is 9.32 Å². The molecule has 1 aromatic heterocycles. The highest BCUT2D eigenvalue weighted by atomic mass is 32.2. The smallest absolute Gasteiger partial charge is 0.282 e. The minimum Gasteiger partial charge on any atom is -0.459 e. The summed E-state index contributed by atoms with van der Waals surface area (Å²) in [4.78, 5) is 25.4. The molecule has 3 aromatic rings. The number of furan rings is 1. The number of rotatable bonds is 6. The maximum atomic E-state index is 13.3. The molecule has 0 radical (unpaired) electrons. The quantitative estimate of drug-likeness (QED) is 0.410. The van der Waals surface area contributed by atoms with Crippen molar-refractivity contribution in [2.75, 3.05) is 11.5 Å². The van der Waals surface area contributed by atoms with Crippen LogP contribution in [0.3, 0.4) is 0 Å². The van der Waals surface area contributed by atoms with E-state index in [9.17, 15) is 27.7 Å². The zero-order chi connectivity index (χ0) is 22.9. The summed E-state index contributed by atoms with van der Waals surface area (Å²) in [6.07, 6.45) is 0.236. The zero-order valence-corrected chi connectivity index (χ0v) is 17.6. The van der Waals surface area contributed by atoms with Crippen LogP contribution in [-0.4, -0.2) is 41.7 Å². The van der Waals surface area contributed by atoms with Gasteiger partial charge in [-0.05, 0) is 48.9 Å². The summed E-state index contributed by atoms with van der Waals surface area (Å²) in [5.41, 5.74) is 0.166. The lowest BCUT2D eigenvalue weighted by atomic mass is 10.1. The number of hydrogen-bond acceptors (Lipinski definition) is 6. The Morgan fingerprint density at radius 1 is 1.12 bits per heavy atom. The van der Waals surface area contributed by atoms with Gasteiger partial charge in [-0.1, -0.05) is 12.1 Å². The SMILES string of the molecule is O=C(c1ccccc1[N+](=O)[O-])N(Cc1ccc(-c2ccc(F)cc2)o1)C1CCS(=O)(=O)C1. The number of amides is 1. The highest BCUT2D eigenvalue weighted by molar-refractivity contribution is 7.91. The first-order valence-electron chi connectivity index (χ1n) is 9.83. The van der Waals surface area contributed by atoms with E-state index in [0.29, 0.717) is 17.1 Å². The average molecular weight is 458 g/mol. The summed E-state index contributed by atoms with van der Waals surface area (Å²) in [5, 5.41) is 11.4. The molecule has 0 saturated carbocycles. The lowest BCUT2D eigenvalue weighted by Gasteiger charge is -2.27. The number of halogens is 1. The number of carbonyl (C=O) groups is 1. The van der Waals surface area contributed by atoms with Crippen molar-refractivity contribution in [2.24, 2.45) is 0 Å². The predicted octanol–water partition coefficient (Wildman–Crippen LogP) is 3.82. The van der Waals surface area contributed by atoms with Crippen LogP contribution in [0.15, 0.2) is 65.1 Å². The third kappa shape index (κ3) is 4.54. The standard InChI is InChI=1S/C22H19FN2O6S/c23-16-7-5-15(6-8-16)21-10-9-18(31-21)13-24(17-11-12-32(29,30)14-17)22(26)19-3-1-2-4-20(19)25(27)28/h1-10,17H,11-14H2. The van der Waals surface area contributed by atoms with E-state index in [1.807, 2.05) is 0 Å². The van der Waals surface area contributed by atoms with Crippen LogP contribution in [0, 0.1) is 15.9 Å². The molecule has 1 aliphatic heterocycles. The van der Waals surface area contributed by atoms with E-state index in [4.69, 9.17) is 4.42 Å². The molecule has 166 valence electrons. The van der Waals surface area contributed by atoms with E-state index in [2.05, 4.69) is 0 Å². The topological polar surface area (TPSA) is 111 Å². The number of carbonyl (C=O) groups excluding carboxylic acids is 1. The van der Waals surface area contributed by atoms with Gasteiger partial charge in [0.1, 0.15) is 22.9 Å². The number of nitro groups is 1. The molecule has 8 nitrogen and oxygen atoms in total. The van der Waals surface area contributed by atoms with Gasteiger partial charge in [0, 0.05) is 17.7 Å². The minimum absolute atomic E-state index is 0.0582. The van der Waals surface area contributed by atoms with Gasteiger partial charge in [0.05, 0.1) is 23.0 Å². The second-order valence-electron chi connectivity index (χ2n) is 7.54. The maximum Gasteiger partial charge on any atom is 0.282 e. The molecule has 1 amide bonds. The van der Waals surface area contributed by atoms with Crippen molar-refractivity contribution in [3.63, 3.8) is 0 Å². The summed E-state index contributed by atoms with van der Waals surface area (Å²) >= 11 is 0. The summed E-state index contributed by atoms with van der Waals surface area (Å²) in [6, 6.07) is 13.9. The van der Waals surface area contributed by atoms with Crippen molar-refractivity contribution >= 4 is 21.4 Å². The first kappa shape index (κ1) is 21.7. The van der Waals surface area contributed by atoms with Crippen LogP contribution >= 0.6 is 0 Å². The number of sulfone groups is 1. The molecule has 1 unspecified atom stereocenters. The summed E-state index contributed by atoms with van der Waals surface area (Å²) < 4.78 is 43.1. The molecule has 1 fully saturated rings. The molecule has 0 bridgehead atoms. The number of para-hydroxylation sites is 1. The van der Waals surface area contributed by atoms with E-state index in [1.54, 1.807) is 24.3 Å². The second kappa shape index (κ2) is 8.54. The van der Waals surface area contributed by atoms with E-state index in [-0.39, 0.29) is 41.5 Å². The Morgan fingerprint density at radius 3 is 2.50 bits per heavy atom. The summed E-state index contributed by atoms with van der Waals surface area (Å²) in [7, 11) is -3.31. The van der Waals surface area contributed by atoms with Crippen LogP contribution in [0.2, 0.25) is 0 Å². The van der Waals surface area contributed by atoms with Crippen LogP contribution in [0.1, 0.15) is 22.5 Å². The largest absolute Gasteiger partial charge is 0.459 e. The maximum absolute atomic E-state index is 13.3. The van der Waals surface area contributed by atoms with Gasteiger partial charge in [-0.15, -0.1) is 0 Å². The van der Waals surface area contributed by atoms with Gasteiger partial charge in [-0.25, -0.2) is 12.8 Å². The lowest BCUT2D eigenvalue weighted by Crippen LogP contribution is -2.40. The fraction of sp³-hybridized carbons (Fsp3) is 0.227. The number of nitrogens with zero attached hydrogens (tertiary/aromatic N) is 2. The van der Waals surface area contributed by atoms with E-state index in [0.717, 1.165) is 0 Å². The fourth-order valence-corrected chi connectivity index (χ4v) is 5.49.